The Hall–Kier alpha value is -2.15. The smallest absolute Gasteiger partial charge is 0.216 e. The Morgan fingerprint density at radius 2 is 1.80 bits per heavy atom. The first-order chi connectivity index (χ1) is 23.4. The molecule has 3 aliphatic heterocycles. The summed E-state index contributed by atoms with van der Waals surface area (Å²) in [5, 5.41) is 6.68. The van der Waals surface area contributed by atoms with E-state index in [0.717, 1.165) is 49.8 Å². The highest BCUT2D eigenvalue weighted by atomic mass is 32.2. The number of fused-ring (bicyclic) bond motifs is 5. The lowest BCUT2D eigenvalue weighted by Crippen LogP contribution is -2.64. The van der Waals surface area contributed by atoms with Crippen molar-refractivity contribution in [3.63, 3.8) is 0 Å². The van der Waals surface area contributed by atoms with Crippen molar-refractivity contribution in [2.75, 3.05) is 24.6 Å². The number of benzene rings is 1. The van der Waals surface area contributed by atoms with Gasteiger partial charge in [-0.1, -0.05) is 45.4 Å². The van der Waals surface area contributed by atoms with Crippen LogP contribution in [0.5, 0.6) is 0 Å². The molecule has 1 aromatic heterocycles. The predicted octanol–water partition coefficient (Wildman–Crippen LogP) is 5.52. The van der Waals surface area contributed by atoms with E-state index in [9.17, 15) is 8.42 Å². The van der Waals surface area contributed by atoms with Crippen LogP contribution >= 0.6 is 0 Å². The third-order valence-corrected chi connectivity index (χ3v) is 13.8. The highest BCUT2D eigenvalue weighted by Gasteiger charge is 2.41. The standard InChI is InChI=1S/C38H59N7O3S/c1-25-9-6-10-26(2)36(25)32-18-35-42-37(41-32)43-49(46,47)31-13-7-11-27(17-31)22-44(30(24-48-35)19-38(3,4)5)23-29-20-39-21-34(40-29)45-16-8-12-28-14-15-33(28)45/h6,9-10,20-21,27-28,30-33,35,37,41-43H,7-8,11-19,22-24H2,1-5H3/t27?,28?,30-,31?,32?,33?,35?,37?/m1/s1. The lowest BCUT2D eigenvalue weighted by atomic mass is 9.73. The van der Waals surface area contributed by atoms with E-state index in [4.69, 9.17) is 14.7 Å². The zero-order valence-corrected chi connectivity index (χ0v) is 31.1. The van der Waals surface area contributed by atoms with Gasteiger partial charge in [-0.05, 0) is 99.2 Å². The summed E-state index contributed by atoms with van der Waals surface area (Å²) in [6.45, 7) is 14.3. The van der Waals surface area contributed by atoms with Crippen molar-refractivity contribution >= 4 is 15.8 Å². The molecule has 7 rings (SSSR count). The second-order valence-electron chi connectivity index (χ2n) is 17.0. The number of aryl methyl sites for hydroxylation is 2. The number of aromatic nitrogens is 2. The van der Waals surface area contributed by atoms with Gasteiger partial charge in [-0.3, -0.25) is 20.5 Å². The number of nitrogens with zero attached hydrogens (tertiary/aromatic N) is 4. The molecule has 5 aliphatic rings. The average Bonchev–Trinajstić information content (AvgIpc) is 3.02. The van der Waals surface area contributed by atoms with Crippen LogP contribution in [0.3, 0.4) is 0 Å². The van der Waals surface area contributed by atoms with Crippen LogP contribution in [0.1, 0.15) is 113 Å². The zero-order chi connectivity index (χ0) is 34.3. The van der Waals surface area contributed by atoms with Gasteiger partial charge in [-0.2, -0.15) is 4.72 Å². The van der Waals surface area contributed by atoms with Crippen LogP contribution in [0.2, 0.25) is 0 Å². The molecule has 0 amide bonds. The average molecular weight is 694 g/mol. The van der Waals surface area contributed by atoms with Crippen LogP contribution < -0.4 is 20.3 Å². The van der Waals surface area contributed by atoms with Gasteiger partial charge < -0.3 is 9.64 Å². The van der Waals surface area contributed by atoms with Crippen molar-refractivity contribution in [2.45, 2.75) is 141 Å². The minimum absolute atomic E-state index is 0.0513. The zero-order valence-electron chi connectivity index (χ0n) is 30.3. The minimum Gasteiger partial charge on any atom is -0.362 e. The Morgan fingerprint density at radius 3 is 2.55 bits per heavy atom. The summed E-state index contributed by atoms with van der Waals surface area (Å²) in [6, 6.07) is 7.04. The maximum atomic E-state index is 14.0. The molecule has 4 heterocycles. The molecular formula is C38H59N7O3S. The van der Waals surface area contributed by atoms with Gasteiger partial charge in [0.15, 0.2) is 0 Å². The molecule has 3 N–H and O–H groups in total. The number of ether oxygens (including phenoxy) is 1. The van der Waals surface area contributed by atoms with Crippen molar-refractivity contribution in [3.8, 4) is 0 Å². The third-order valence-electron chi connectivity index (χ3n) is 11.9. The molecular weight excluding hydrogens is 635 g/mol. The summed E-state index contributed by atoms with van der Waals surface area (Å²) in [5.74, 6) is 2.09. The molecule has 1 aromatic carbocycles. The quantitative estimate of drug-likeness (QED) is 0.373. The number of anilines is 1. The molecule has 11 heteroatoms. The second-order valence-corrected chi connectivity index (χ2v) is 18.9. The molecule has 0 radical (unpaired) electrons. The molecule has 2 saturated carbocycles. The molecule has 0 spiro atoms. The van der Waals surface area contributed by atoms with E-state index >= 15 is 0 Å². The van der Waals surface area contributed by atoms with E-state index in [0.29, 0.717) is 38.5 Å². The first-order valence-corrected chi connectivity index (χ1v) is 20.5. The van der Waals surface area contributed by atoms with Gasteiger partial charge >= 0.3 is 0 Å². The van der Waals surface area contributed by atoms with E-state index in [1.54, 1.807) is 0 Å². The lowest BCUT2D eigenvalue weighted by Gasteiger charge is -2.49. The maximum absolute atomic E-state index is 14.0. The van der Waals surface area contributed by atoms with Gasteiger partial charge in [-0.25, -0.2) is 13.4 Å². The van der Waals surface area contributed by atoms with Crippen LogP contribution in [0, 0.1) is 31.1 Å². The van der Waals surface area contributed by atoms with Crippen LogP contribution in [0.25, 0.3) is 0 Å². The number of hydrogen-bond donors (Lipinski definition) is 3. The first kappa shape index (κ1) is 35.3. The molecule has 2 aliphatic carbocycles. The molecule has 4 bridgehead atoms. The Bertz CT molecular complexity index is 1540. The van der Waals surface area contributed by atoms with Crippen molar-refractivity contribution in [1.82, 2.24) is 30.2 Å². The summed E-state index contributed by atoms with van der Waals surface area (Å²) in [6.07, 6.45) is 13.1. The second kappa shape index (κ2) is 14.5. The summed E-state index contributed by atoms with van der Waals surface area (Å²) in [4.78, 5) is 15.1. The van der Waals surface area contributed by atoms with Gasteiger partial charge in [0, 0.05) is 50.4 Å². The summed E-state index contributed by atoms with van der Waals surface area (Å²) < 4.78 is 37.9. The maximum Gasteiger partial charge on any atom is 0.216 e. The molecule has 49 heavy (non-hydrogen) atoms. The SMILES string of the molecule is Cc1cccc(C)c1C1CC2NC(N1)NS(=O)(=O)C1CCCC(C1)CN(Cc1cncc(N3CCCC4CCC43)n1)[C@H](CC(C)(C)C)CO2. The largest absolute Gasteiger partial charge is 0.362 e. The van der Waals surface area contributed by atoms with E-state index in [2.05, 4.69) is 78.0 Å². The van der Waals surface area contributed by atoms with E-state index in [1.165, 1.54) is 42.4 Å². The Labute approximate surface area is 294 Å². The highest BCUT2D eigenvalue weighted by Crippen LogP contribution is 2.41. The van der Waals surface area contributed by atoms with E-state index in [-0.39, 0.29) is 29.6 Å². The molecule has 2 aromatic rings. The Morgan fingerprint density at radius 1 is 0.980 bits per heavy atom. The van der Waals surface area contributed by atoms with Crippen LogP contribution in [-0.2, 0) is 21.3 Å². The van der Waals surface area contributed by atoms with E-state index in [1.807, 2.05) is 12.4 Å². The number of piperidine rings is 1. The predicted molar refractivity (Wildman–Crippen MR) is 194 cm³/mol. The van der Waals surface area contributed by atoms with E-state index < -0.39 is 21.6 Å². The normalized spacial score (nSPS) is 34.1. The number of hydrogen-bond acceptors (Lipinski definition) is 9. The summed E-state index contributed by atoms with van der Waals surface area (Å²) >= 11 is 0. The molecule has 3 saturated heterocycles. The molecule has 7 unspecified atom stereocenters. The third kappa shape index (κ3) is 8.17. The monoisotopic (exact) mass is 693 g/mol. The van der Waals surface area contributed by atoms with Crippen LogP contribution in [0.15, 0.2) is 30.6 Å². The topological polar surface area (TPSA) is 112 Å². The van der Waals surface area contributed by atoms with Gasteiger partial charge in [0.2, 0.25) is 10.0 Å². The van der Waals surface area contributed by atoms with Crippen LogP contribution in [-0.4, -0.2) is 72.8 Å². The fourth-order valence-electron chi connectivity index (χ4n) is 9.49. The molecule has 8 atom stereocenters. The fourth-order valence-corrected chi connectivity index (χ4v) is 11.1. The fraction of sp³-hybridized carbons (Fsp3) is 0.737. The number of nitrogens with one attached hydrogen (secondary N) is 3. The van der Waals surface area contributed by atoms with Gasteiger partial charge in [0.1, 0.15) is 18.3 Å². The first-order valence-electron chi connectivity index (χ1n) is 18.9. The number of sulfonamides is 1. The van der Waals surface area contributed by atoms with Crippen molar-refractivity contribution < 1.29 is 13.2 Å². The van der Waals surface area contributed by atoms with Gasteiger partial charge in [0.05, 0.1) is 23.7 Å². The molecule has 270 valence electrons. The Kier molecular flexibility index (Phi) is 10.4. The van der Waals surface area contributed by atoms with Gasteiger partial charge in [-0.15, -0.1) is 0 Å². The highest BCUT2D eigenvalue weighted by molar-refractivity contribution is 7.90. The lowest BCUT2D eigenvalue weighted by molar-refractivity contribution is -0.0517. The summed E-state index contributed by atoms with van der Waals surface area (Å²) in [7, 11) is -3.59. The minimum atomic E-state index is -3.59. The molecule has 5 fully saturated rings. The van der Waals surface area contributed by atoms with Gasteiger partial charge in [0.25, 0.3) is 0 Å². The van der Waals surface area contributed by atoms with Crippen molar-refractivity contribution in [3.05, 3.63) is 53.0 Å². The number of rotatable bonds is 5. The van der Waals surface area contributed by atoms with Crippen LogP contribution in [0.4, 0.5) is 5.82 Å². The van der Waals surface area contributed by atoms with Crippen molar-refractivity contribution in [2.24, 2.45) is 17.3 Å². The Balaban J connectivity index is 1.20. The molecule has 10 nitrogen and oxygen atoms in total. The van der Waals surface area contributed by atoms with Crippen molar-refractivity contribution in [1.29, 1.82) is 0 Å². The summed E-state index contributed by atoms with van der Waals surface area (Å²) in [5.41, 5.74) is 4.68.